The lowest BCUT2D eigenvalue weighted by Crippen LogP contribution is -2.45. The minimum Gasteiger partial charge on any atom is -0.440 e. The zero-order valence-electron chi connectivity index (χ0n) is 17.0. The van der Waals surface area contributed by atoms with Crippen molar-refractivity contribution in [1.82, 2.24) is 0 Å². The number of hydrogen-bond donors (Lipinski definition) is 0. The maximum absolute atomic E-state index is 6.74. The molecule has 0 aromatic heterocycles. The molecule has 0 aromatic carbocycles. The molecular weight excluding hydrogens is 332 g/mol. The highest BCUT2D eigenvalue weighted by molar-refractivity contribution is 6.80. The molecule has 140 valence electrons. The van der Waals surface area contributed by atoms with E-state index in [2.05, 4.69) is 41.5 Å². The monoisotopic (exact) mass is 376 g/mol. The van der Waals surface area contributed by atoms with E-state index in [0.29, 0.717) is 0 Å². The maximum atomic E-state index is 6.74. The quantitative estimate of drug-likeness (QED) is 0.291. The largest absolute Gasteiger partial charge is 0.440 e. The van der Waals surface area contributed by atoms with Crippen molar-refractivity contribution in [3.8, 4) is 0 Å². The van der Waals surface area contributed by atoms with Crippen molar-refractivity contribution in [2.24, 2.45) is 0 Å². The van der Waals surface area contributed by atoms with Crippen molar-refractivity contribution in [2.45, 2.75) is 116 Å². The van der Waals surface area contributed by atoms with E-state index < -0.39 is 26.6 Å². The minimum atomic E-state index is -1.51. The summed E-state index contributed by atoms with van der Waals surface area (Å²) in [5.74, 6) is 0. The summed E-state index contributed by atoms with van der Waals surface area (Å²) in [5, 5.41) is 0. The first-order chi connectivity index (χ1) is 11.1. The highest BCUT2D eigenvalue weighted by atomic mass is 28.4. The van der Waals surface area contributed by atoms with E-state index in [0.717, 1.165) is 0 Å². The molecule has 0 aromatic rings. The molecule has 0 aliphatic carbocycles. The van der Waals surface area contributed by atoms with E-state index in [1.165, 1.54) is 74.8 Å². The fourth-order valence-corrected chi connectivity index (χ4v) is 17.4. The van der Waals surface area contributed by atoms with Crippen molar-refractivity contribution in [3.05, 3.63) is 0 Å². The second-order valence-electron chi connectivity index (χ2n) is 7.27. The van der Waals surface area contributed by atoms with Gasteiger partial charge >= 0.3 is 0 Å². The average molecular weight is 377 g/mol. The van der Waals surface area contributed by atoms with Crippen molar-refractivity contribution < 1.29 is 8.23 Å². The minimum absolute atomic E-state index is 0.795. The van der Waals surface area contributed by atoms with Crippen LogP contribution in [0.15, 0.2) is 0 Å². The van der Waals surface area contributed by atoms with Crippen molar-refractivity contribution in [3.63, 3.8) is 0 Å². The van der Waals surface area contributed by atoms with Gasteiger partial charge in [-0.3, -0.25) is 0 Å². The van der Waals surface area contributed by atoms with Gasteiger partial charge in [0.2, 0.25) is 0 Å². The molecule has 0 radical (unpaired) electrons. The molecule has 0 bridgehead atoms. The summed E-state index contributed by atoms with van der Waals surface area (Å²) in [6, 6.07) is 8.05. The zero-order valence-corrected chi connectivity index (χ0v) is 20.4. The molecular formula is C18H44O2Si3. The highest BCUT2D eigenvalue weighted by Gasteiger charge is 2.35. The van der Waals surface area contributed by atoms with Gasteiger partial charge in [0, 0.05) is 0 Å². The summed E-state index contributed by atoms with van der Waals surface area (Å²) in [6.07, 6.45) is 7.68. The van der Waals surface area contributed by atoms with Crippen molar-refractivity contribution in [2.75, 3.05) is 0 Å². The van der Waals surface area contributed by atoms with Crippen LogP contribution in [0.2, 0.25) is 36.3 Å². The van der Waals surface area contributed by atoms with Gasteiger partial charge in [0.25, 0.3) is 10.0 Å². The summed E-state index contributed by atoms with van der Waals surface area (Å²) < 4.78 is 13.5. The smallest absolute Gasteiger partial charge is 0.283 e. The van der Waals surface area contributed by atoms with E-state index in [1.54, 1.807) is 0 Å². The Hall–Kier alpha value is 0.571. The Morgan fingerprint density at radius 1 is 0.478 bits per heavy atom. The molecule has 0 saturated carbocycles. The van der Waals surface area contributed by atoms with Crippen LogP contribution in [0.4, 0.5) is 0 Å². The Morgan fingerprint density at radius 3 is 0.870 bits per heavy atom. The zero-order chi connectivity index (χ0) is 17.6. The molecule has 0 aliphatic heterocycles. The summed E-state index contributed by atoms with van der Waals surface area (Å²) in [7, 11) is -3.81. The predicted molar refractivity (Wildman–Crippen MR) is 113 cm³/mol. The summed E-state index contributed by atoms with van der Waals surface area (Å²) in [5.41, 5.74) is 0. The lowest BCUT2D eigenvalue weighted by Gasteiger charge is -2.36. The van der Waals surface area contributed by atoms with Gasteiger partial charge in [-0.2, -0.15) is 0 Å². The van der Waals surface area contributed by atoms with Crippen LogP contribution in [0.1, 0.15) is 80.1 Å². The van der Waals surface area contributed by atoms with Gasteiger partial charge in [0.15, 0.2) is 16.6 Å². The molecule has 0 saturated heterocycles. The Morgan fingerprint density at radius 2 is 0.696 bits per heavy atom. The fourth-order valence-electron chi connectivity index (χ4n) is 4.20. The number of hydrogen-bond acceptors (Lipinski definition) is 2. The third kappa shape index (κ3) is 9.00. The van der Waals surface area contributed by atoms with Crippen LogP contribution in [-0.2, 0) is 8.23 Å². The molecule has 0 rings (SSSR count). The first-order valence-electron chi connectivity index (χ1n) is 10.3. The van der Waals surface area contributed by atoms with Crippen LogP contribution in [-0.4, -0.2) is 26.6 Å². The van der Waals surface area contributed by atoms with Gasteiger partial charge < -0.3 is 8.23 Å². The third-order valence-corrected chi connectivity index (χ3v) is 19.3. The Kier molecular flexibility index (Phi) is 14.2. The predicted octanol–water partition coefficient (Wildman–Crippen LogP) is 6.37. The maximum Gasteiger partial charge on any atom is 0.283 e. The summed E-state index contributed by atoms with van der Waals surface area (Å²) >= 11 is 0. The van der Waals surface area contributed by atoms with Gasteiger partial charge in [-0.05, 0) is 36.3 Å². The van der Waals surface area contributed by atoms with Gasteiger partial charge in [-0.25, -0.2) is 0 Å². The second-order valence-corrected chi connectivity index (χ2v) is 17.5. The van der Waals surface area contributed by atoms with Crippen LogP contribution >= 0.6 is 0 Å². The molecule has 23 heavy (non-hydrogen) atoms. The fraction of sp³-hybridized carbons (Fsp3) is 1.00. The van der Waals surface area contributed by atoms with E-state index in [-0.39, 0.29) is 0 Å². The summed E-state index contributed by atoms with van der Waals surface area (Å²) in [4.78, 5) is 0. The Bertz CT molecular complexity index is 215. The lowest BCUT2D eigenvalue weighted by atomic mass is 10.6. The van der Waals surface area contributed by atoms with Crippen molar-refractivity contribution >= 4 is 26.6 Å². The Balaban J connectivity index is 4.82. The van der Waals surface area contributed by atoms with Crippen LogP contribution in [0.3, 0.4) is 0 Å². The standard InChI is InChI=1S/C18H44O2Si3/c1-7-13-22(14-8-2,15-9-3)19-21-20-23(16-10-4,17-11-5)18-12-6/h7-18,21H2,1-6H3. The molecule has 0 N–H and O–H groups in total. The Labute approximate surface area is 151 Å². The first-order valence-corrected chi connectivity index (χ1v) is 16.6. The molecule has 2 nitrogen and oxygen atoms in total. The normalized spacial score (nSPS) is 12.8. The topological polar surface area (TPSA) is 18.5 Å². The second kappa shape index (κ2) is 13.8. The van der Waals surface area contributed by atoms with Crippen LogP contribution in [0.5, 0.6) is 0 Å². The van der Waals surface area contributed by atoms with E-state index >= 15 is 0 Å². The number of rotatable bonds is 16. The third-order valence-electron chi connectivity index (χ3n) is 4.96. The van der Waals surface area contributed by atoms with Crippen LogP contribution in [0, 0.1) is 0 Å². The lowest BCUT2D eigenvalue weighted by molar-refractivity contribution is 0.426. The molecule has 0 fully saturated rings. The molecule has 0 unspecified atom stereocenters. The van der Waals surface area contributed by atoms with Crippen molar-refractivity contribution in [1.29, 1.82) is 0 Å². The van der Waals surface area contributed by atoms with E-state index in [4.69, 9.17) is 8.23 Å². The molecule has 0 spiro atoms. The van der Waals surface area contributed by atoms with Gasteiger partial charge in [0.05, 0.1) is 0 Å². The molecule has 0 aliphatic rings. The molecule has 0 amide bonds. The highest BCUT2D eigenvalue weighted by Crippen LogP contribution is 2.30. The molecule has 0 heterocycles. The van der Waals surface area contributed by atoms with E-state index in [9.17, 15) is 0 Å². The molecule has 5 heteroatoms. The van der Waals surface area contributed by atoms with Crippen LogP contribution in [0.25, 0.3) is 0 Å². The van der Waals surface area contributed by atoms with Gasteiger partial charge in [-0.15, -0.1) is 0 Å². The molecule has 0 atom stereocenters. The van der Waals surface area contributed by atoms with E-state index in [1.807, 2.05) is 0 Å². The van der Waals surface area contributed by atoms with Crippen LogP contribution < -0.4 is 0 Å². The first kappa shape index (κ1) is 23.6. The van der Waals surface area contributed by atoms with Gasteiger partial charge in [-0.1, -0.05) is 80.1 Å². The average Bonchev–Trinajstić information content (AvgIpc) is 2.49. The SMILES string of the molecule is CCC[Si](CCC)(CCC)O[SiH2]O[Si](CCC)(CCC)CCC. The van der Waals surface area contributed by atoms with Gasteiger partial charge in [0.1, 0.15) is 0 Å². The summed E-state index contributed by atoms with van der Waals surface area (Å²) in [6.45, 7) is 13.9.